The Bertz CT molecular complexity index is 1370. The van der Waals surface area contributed by atoms with Crippen LogP contribution < -0.4 is 14.2 Å². The predicted molar refractivity (Wildman–Crippen MR) is 133 cm³/mol. The van der Waals surface area contributed by atoms with Gasteiger partial charge in [0.15, 0.2) is 11.5 Å². The standard InChI is InChI=1S/C26H27F3N2O5S/c1-17(2)31(25(32)30-22-11-6-5-8-18(22)3)16-19-12-13-23(35-4)24(14-19)36-37(33,34)21-10-7-9-20(15-21)26(27,28)29/h5-15,17H,16H2,1-4H3,(H,30,32). The maximum atomic E-state index is 13.1. The smallest absolute Gasteiger partial charge is 0.416 e. The molecule has 3 aromatic carbocycles. The van der Waals surface area contributed by atoms with E-state index in [1.807, 2.05) is 32.9 Å². The summed E-state index contributed by atoms with van der Waals surface area (Å²) in [5, 5.41) is 2.87. The van der Waals surface area contributed by atoms with Gasteiger partial charge in [0, 0.05) is 18.3 Å². The number of para-hydroxylation sites is 1. The molecule has 0 fully saturated rings. The number of rotatable bonds is 8. The Labute approximate surface area is 213 Å². The van der Waals surface area contributed by atoms with Gasteiger partial charge in [-0.3, -0.25) is 0 Å². The number of amides is 2. The monoisotopic (exact) mass is 536 g/mol. The lowest BCUT2D eigenvalue weighted by Crippen LogP contribution is -2.39. The minimum absolute atomic E-state index is 0.0553. The molecule has 0 bridgehead atoms. The van der Waals surface area contributed by atoms with E-state index in [4.69, 9.17) is 8.92 Å². The summed E-state index contributed by atoms with van der Waals surface area (Å²) in [6.45, 7) is 5.62. The van der Waals surface area contributed by atoms with E-state index in [1.54, 1.807) is 23.1 Å². The molecule has 3 aromatic rings. The number of nitrogens with zero attached hydrogens (tertiary/aromatic N) is 1. The lowest BCUT2D eigenvalue weighted by atomic mass is 10.1. The van der Waals surface area contributed by atoms with Crippen molar-refractivity contribution in [3.05, 3.63) is 83.4 Å². The highest BCUT2D eigenvalue weighted by Crippen LogP contribution is 2.34. The molecule has 0 aliphatic heterocycles. The molecule has 198 valence electrons. The number of hydrogen-bond donors (Lipinski definition) is 1. The van der Waals surface area contributed by atoms with Crippen molar-refractivity contribution in [3.63, 3.8) is 0 Å². The van der Waals surface area contributed by atoms with Crippen molar-refractivity contribution in [2.24, 2.45) is 0 Å². The summed E-state index contributed by atoms with van der Waals surface area (Å²) in [4.78, 5) is 13.9. The highest BCUT2D eigenvalue weighted by atomic mass is 32.2. The normalized spacial score (nSPS) is 11.8. The van der Waals surface area contributed by atoms with E-state index in [0.717, 1.165) is 23.8 Å². The molecular weight excluding hydrogens is 509 g/mol. The molecular formula is C26H27F3N2O5S. The van der Waals surface area contributed by atoms with Crippen LogP contribution in [0.25, 0.3) is 0 Å². The fourth-order valence-corrected chi connectivity index (χ4v) is 4.44. The van der Waals surface area contributed by atoms with Crippen molar-refractivity contribution in [1.29, 1.82) is 0 Å². The van der Waals surface area contributed by atoms with Crippen LogP contribution in [0.3, 0.4) is 0 Å². The minimum atomic E-state index is -4.72. The van der Waals surface area contributed by atoms with Crippen LogP contribution in [-0.2, 0) is 22.8 Å². The third kappa shape index (κ3) is 6.94. The second-order valence-corrected chi connectivity index (χ2v) is 10.1. The Hall–Kier alpha value is -3.73. The number of urea groups is 1. The Morgan fingerprint density at radius 1 is 1.00 bits per heavy atom. The van der Waals surface area contributed by atoms with Crippen LogP contribution in [0.2, 0.25) is 0 Å². The molecule has 0 heterocycles. The summed E-state index contributed by atoms with van der Waals surface area (Å²) < 4.78 is 75.2. The molecule has 0 aliphatic rings. The van der Waals surface area contributed by atoms with Gasteiger partial charge in [-0.1, -0.05) is 30.3 Å². The first kappa shape index (κ1) is 27.9. The summed E-state index contributed by atoms with van der Waals surface area (Å²) >= 11 is 0. The van der Waals surface area contributed by atoms with Gasteiger partial charge in [0.1, 0.15) is 4.90 Å². The molecule has 37 heavy (non-hydrogen) atoms. The van der Waals surface area contributed by atoms with Crippen molar-refractivity contribution in [2.75, 3.05) is 12.4 Å². The lowest BCUT2D eigenvalue weighted by Gasteiger charge is -2.27. The zero-order valence-corrected chi connectivity index (χ0v) is 21.5. The fraction of sp³-hybridized carbons (Fsp3) is 0.269. The number of benzene rings is 3. The summed E-state index contributed by atoms with van der Waals surface area (Å²) in [6, 6.07) is 14.5. The van der Waals surface area contributed by atoms with E-state index in [2.05, 4.69) is 5.32 Å². The summed E-state index contributed by atoms with van der Waals surface area (Å²) in [6.07, 6.45) is -4.72. The van der Waals surface area contributed by atoms with Crippen LogP contribution in [0.15, 0.2) is 71.6 Å². The third-order valence-electron chi connectivity index (χ3n) is 5.50. The number of carbonyl (C=O) groups is 1. The second-order valence-electron chi connectivity index (χ2n) is 8.51. The zero-order chi connectivity index (χ0) is 27.4. The first-order valence-electron chi connectivity index (χ1n) is 11.2. The highest BCUT2D eigenvalue weighted by Gasteiger charge is 2.32. The molecule has 0 radical (unpaired) electrons. The van der Waals surface area contributed by atoms with Crippen LogP contribution in [-0.4, -0.2) is 32.5 Å². The number of halogens is 3. The third-order valence-corrected chi connectivity index (χ3v) is 6.73. The maximum absolute atomic E-state index is 13.1. The molecule has 0 aliphatic carbocycles. The Morgan fingerprint density at radius 2 is 1.70 bits per heavy atom. The average Bonchev–Trinajstić information content (AvgIpc) is 2.83. The molecule has 7 nitrogen and oxygen atoms in total. The number of carbonyl (C=O) groups excluding carboxylic acids is 1. The predicted octanol–water partition coefficient (Wildman–Crippen LogP) is 6.23. The molecule has 1 N–H and O–H groups in total. The van der Waals surface area contributed by atoms with E-state index in [0.29, 0.717) is 17.3 Å². The number of methoxy groups -OCH3 is 1. The van der Waals surface area contributed by atoms with E-state index in [-0.39, 0.29) is 30.1 Å². The average molecular weight is 537 g/mol. The van der Waals surface area contributed by atoms with Crippen LogP contribution in [0.5, 0.6) is 11.5 Å². The maximum Gasteiger partial charge on any atom is 0.416 e. The van der Waals surface area contributed by atoms with Gasteiger partial charge in [-0.15, -0.1) is 0 Å². The molecule has 11 heteroatoms. The van der Waals surface area contributed by atoms with Crippen LogP contribution in [0, 0.1) is 6.92 Å². The molecule has 0 saturated heterocycles. The van der Waals surface area contributed by atoms with Crippen LogP contribution in [0.4, 0.5) is 23.7 Å². The number of aryl methyl sites for hydroxylation is 1. The zero-order valence-electron chi connectivity index (χ0n) is 20.7. The number of ether oxygens (including phenoxy) is 1. The molecule has 0 unspecified atom stereocenters. The van der Waals surface area contributed by atoms with Gasteiger partial charge < -0.3 is 19.1 Å². The fourth-order valence-electron chi connectivity index (χ4n) is 3.46. The number of hydrogen-bond acceptors (Lipinski definition) is 5. The minimum Gasteiger partial charge on any atom is -0.493 e. The van der Waals surface area contributed by atoms with Crippen molar-refractivity contribution in [3.8, 4) is 11.5 Å². The van der Waals surface area contributed by atoms with Gasteiger partial charge in [-0.05, 0) is 68.3 Å². The quantitative estimate of drug-likeness (QED) is 0.345. The SMILES string of the molecule is COc1ccc(CN(C(=O)Nc2ccccc2C)C(C)C)cc1OS(=O)(=O)c1cccc(C(F)(F)F)c1. The first-order chi connectivity index (χ1) is 17.3. The second kappa shape index (κ2) is 11.1. The van der Waals surface area contributed by atoms with Crippen molar-refractivity contribution < 1.29 is 35.3 Å². The van der Waals surface area contributed by atoms with Crippen LogP contribution in [0.1, 0.15) is 30.5 Å². The Kier molecular flexibility index (Phi) is 8.37. The molecule has 0 aromatic heterocycles. The molecule has 0 atom stereocenters. The van der Waals surface area contributed by atoms with Gasteiger partial charge in [0.25, 0.3) is 0 Å². The van der Waals surface area contributed by atoms with E-state index in [9.17, 15) is 26.4 Å². The number of alkyl halides is 3. The van der Waals surface area contributed by atoms with Gasteiger partial charge in [-0.2, -0.15) is 21.6 Å². The van der Waals surface area contributed by atoms with Crippen LogP contribution >= 0.6 is 0 Å². The van der Waals surface area contributed by atoms with Crippen molar-refractivity contribution in [2.45, 2.75) is 44.4 Å². The van der Waals surface area contributed by atoms with Crippen molar-refractivity contribution >= 4 is 21.8 Å². The largest absolute Gasteiger partial charge is 0.493 e. The highest BCUT2D eigenvalue weighted by molar-refractivity contribution is 7.87. The Balaban J connectivity index is 1.88. The molecule has 2 amide bonds. The summed E-state index contributed by atoms with van der Waals surface area (Å²) in [5.74, 6) is -0.166. The lowest BCUT2D eigenvalue weighted by molar-refractivity contribution is -0.137. The Morgan fingerprint density at radius 3 is 2.32 bits per heavy atom. The summed E-state index contributed by atoms with van der Waals surface area (Å²) in [7, 11) is -3.32. The van der Waals surface area contributed by atoms with E-state index in [1.165, 1.54) is 19.2 Å². The van der Waals surface area contributed by atoms with Gasteiger partial charge in [0.05, 0.1) is 12.7 Å². The molecule has 0 saturated carbocycles. The number of nitrogens with one attached hydrogen (secondary N) is 1. The van der Waals surface area contributed by atoms with Crippen molar-refractivity contribution in [1.82, 2.24) is 4.90 Å². The number of anilines is 1. The van der Waals surface area contributed by atoms with E-state index < -0.39 is 26.8 Å². The molecule has 0 spiro atoms. The van der Waals surface area contributed by atoms with Gasteiger partial charge in [0.2, 0.25) is 0 Å². The molecule has 3 rings (SSSR count). The topological polar surface area (TPSA) is 84.9 Å². The summed E-state index contributed by atoms with van der Waals surface area (Å²) in [5.41, 5.74) is 0.942. The van der Waals surface area contributed by atoms with Gasteiger partial charge >= 0.3 is 22.3 Å². The first-order valence-corrected chi connectivity index (χ1v) is 12.6. The van der Waals surface area contributed by atoms with E-state index >= 15 is 0 Å². The van der Waals surface area contributed by atoms with Gasteiger partial charge in [-0.25, -0.2) is 4.79 Å².